The highest BCUT2D eigenvalue weighted by atomic mass is 35.5. The molecule has 0 saturated carbocycles. The molecule has 6 heteroatoms. The lowest BCUT2D eigenvalue weighted by atomic mass is 9.76. The molecule has 0 spiro atoms. The quantitative estimate of drug-likeness (QED) is 0.336. The number of nitrogens with one attached hydrogen (secondary N) is 1. The number of alkyl halides is 1. The number of amidine groups is 1. The molecule has 1 saturated heterocycles. The summed E-state index contributed by atoms with van der Waals surface area (Å²) in [4.78, 5) is 1.50. The SMILES string of the molecule is [B]C1(F)CN(C(=N)c2c(N)cccc2Cl)C1. The second kappa shape index (κ2) is 3.66. The largest absolute Gasteiger partial charge is 0.398 e. The molecule has 0 unspecified atom stereocenters. The third-order valence-electron chi connectivity index (χ3n) is 2.51. The van der Waals surface area contributed by atoms with Crippen LogP contribution in [0.3, 0.4) is 0 Å². The maximum absolute atomic E-state index is 13.1. The number of nitrogen functional groups attached to an aromatic ring is 1. The van der Waals surface area contributed by atoms with E-state index in [4.69, 9.17) is 30.6 Å². The van der Waals surface area contributed by atoms with Crippen molar-refractivity contribution in [2.75, 3.05) is 18.8 Å². The fourth-order valence-electron chi connectivity index (χ4n) is 1.70. The van der Waals surface area contributed by atoms with Crippen LogP contribution in [0.2, 0.25) is 5.02 Å². The average molecular weight is 237 g/mol. The number of hydrogen-bond donors (Lipinski definition) is 2. The first-order valence-corrected chi connectivity index (χ1v) is 5.14. The van der Waals surface area contributed by atoms with Gasteiger partial charge in [0.1, 0.15) is 19.3 Å². The zero-order chi connectivity index (χ0) is 11.9. The van der Waals surface area contributed by atoms with Gasteiger partial charge in [-0.15, -0.1) is 0 Å². The lowest BCUT2D eigenvalue weighted by Gasteiger charge is -2.44. The Morgan fingerprint density at radius 1 is 1.56 bits per heavy atom. The van der Waals surface area contributed by atoms with Crippen LogP contribution in [-0.4, -0.2) is 37.2 Å². The van der Waals surface area contributed by atoms with Crippen LogP contribution in [-0.2, 0) is 0 Å². The van der Waals surface area contributed by atoms with Crippen LogP contribution < -0.4 is 5.73 Å². The molecule has 1 aliphatic rings. The van der Waals surface area contributed by atoms with Gasteiger partial charge in [0.2, 0.25) is 0 Å². The Kier molecular flexibility index (Phi) is 2.58. The van der Waals surface area contributed by atoms with Gasteiger partial charge in [0, 0.05) is 18.8 Å². The number of rotatable bonds is 1. The predicted octanol–water partition coefficient (Wildman–Crippen LogP) is 1.40. The van der Waals surface area contributed by atoms with Gasteiger partial charge in [-0.3, -0.25) is 9.80 Å². The third-order valence-corrected chi connectivity index (χ3v) is 2.82. The van der Waals surface area contributed by atoms with Gasteiger partial charge >= 0.3 is 0 Å². The highest BCUT2D eigenvalue weighted by Crippen LogP contribution is 2.28. The molecule has 0 atom stereocenters. The fraction of sp³-hybridized carbons (Fsp3) is 0.300. The second-order valence-corrected chi connectivity index (χ2v) is 4.35. The smallest absolute Gasteiger partial charge is 0.131 e. The number of nitrogens with zero attached hydrogens (tertiary/aromatic N) is 1. The molecule has 2 radical (unpaired) electrons. The monoisotopic (exact) mass is 237 g/mol. The molecule has 3 nitrogen and oxygen atoms in total. The van der Waals surface area contributed by atoms with Crippen LogP contribution in [0, 0.1) is 5.41 Å². The Morgan fingerprint density at radius 2 is 2.19 bits per heavy atom. The topological polar surface area (TPSA) is 53.1 Å². The molecule has 1 aliphatic heterocycles. The molecular formula is C10H10BClFN3. The van der Waals surface area contributed by atoms with Gasteiger partial charge in [-0.25, -0.2) is 0 Å². The summed E-state index contributed by atoms with van der Waals surface area (Å²) in [5.74, 6) is 0.113. The maximum atomic E-state index is 13.1. The molecule has 16 heavy (non-hydrogen) atoms. The van der Waals surface area contributed by atoms with E-state index in [1.807, 2.05) is 0 Å². The highest BCUT2D eigenvalue weighted by Gasteiger charge is 2.40. The molecule has 0 amide bonds. The zero-order valence-corrected chi connectivity index (χ0v) is 9.26. The van der Waals surface area contributed by atoms with Crippen molar-refractivity contribution in [3.8, 4) is 0 Å². The van der Waals surface area contributed by atoms with E-state index in [1.165, 1.54) is 4.90 Å². The molecule has 1 aromatic carbocycles. The molecule has 1 aromatic rings. The first-order valence-electron chi connectivity index (χ1n) is 4.76. The second-order valence-electron chi connectivity index (χ2n) is 3.94. The Labute approximate surface area is 99.3 Å². The predicted molar refractivity (Wildman–Crippen MR) is 63.9 cm³/mol. The number of halogens is 2. The van der Waals surface area contributed by atoms with E-state index in [0.29, 0.717) is 16.3 Å². The van der Waals surface area contributed by atoms with Crippen LogP contribution in [0.1, 0.15) is 5.56 Å². The zero-order valence-electron chi connectivity index (χ0n) is 8.50. The molecule has 82 valence electrons. The standard InChI is InChI=1S/C10H10BClFN3/c11-10(13)4-16(5-10)9(15)8-6(12)2-1-3-7(8)14/h1-3,15H,4-5,14H2. The van der Waals surface area contributed by atoms with Crippen molar-refractivity contribution in [1.82, 2.24) is 4.90 Å². The Morgan fingerprint density at radius 3 is 2.69 bits per heavy atom. The number of hydrogen-bond acceptors (Lipinski definition) is 2. The summed E-state index contributed by atoms with van der Waals surface area (Å²) in [6.07, 6.45) is 0. The lowest BCUT2D eigenvalue weighted by molar-refractivity contribution is 0.0896. The summed E-state index contributed by atoms with van der Waals surface area (Å²) in [6, 6.07) is 5.00. The van der Waals surface area contributed by atoms with Gasteiger partial charge in [0.05, 0.1) is 10.6 Å². The van der Waals surface area contributed by atoms with Crippen LogP contribution >= 0.6 is 11.6 Å². The molecule has 0 bridgehead atoms. The number of benzene rings is 1. The van der Waals surface area contributed by atoms with Gasteiger partial charge in [-0.05, 0) is 12.1 Å². The van der Waals surface area contributed by atoms with Crippen molar-refractivity contribution >= 4 is 31.0 Å². The van der Waals surface area contributed by atoms with Gasteiger partial charge in [-0.2, -0.15) is 0 Å². The van der Waals surface area contributed by atoms with Gasteiger partial charge in [0.15, 0.2) is 0 Å². The highest BCUT2D eigenvalue weighted by molar-refractivity contribution is 6.34. The van der Waals surface area contributed by atoms with Gasteiger partial charge in [-0.1, -0.05) is 17.7 Å². The van der Waals surface area contributed by atoms with E-state index in [9.17, 15) is 4.39 Å². The van der Waals surface area contributed by atoms with E-state index >= 15 is 0 Å². The molecule has 1 fully saturated rings. The van der Waals surface area contributed by atoms with Crippen LogP contribution in [0.15, 0.2) is 18.2 Å². The third kappa shape index (κ3) is 1.87. The number of nitrogens with two attached hydrogens (primary N) is 1. The fourth-order valence-corrected chi connectivity index (χ4v) is 1.97. The molecule has 3 N–H and O–H groups in total. The Bertz CT molecular complexity index is 421. The summed E-state index contributed by atoms with van der Waals surface area (Å²) < 4.78 is 13.1. The summed E-state index contributed by atoms with van der Waals surface area (Å²) in [7, 11) is 5.23. The molecule has 2 rings (SSSR count). The van der Waals surface area contributed by atoms with Crippen LogP contribution in [0.4, 0.5) is 10.1 Å². The number of anilines is 1. The minimum Gasteiger partial charge on any atom is -0.398 e. The first kappa shape index (κ1) is 11.3. The maximum Gasteiger partial charge on any atom is 0.131 e. The minimum absolute atomic E-state index is 0.00348. The Hall–Kier alpha value is -1.23. The van der Waals surface area contributed by atoms with E-state index in [-0.39, 0.29) is 18.9 Å². The summed E-state index contributed by atoms with van der Waals surface area (Å²) in [5.41, 5.74) is 4.86. The summed E-state index contributed by atoms with van der Waals surface area (Å²) in [6.45, 7) is -0.00695. The van der Waals surface area contributed by atoms with Crippen molar-refractivity contribution in [3.63, 3.8) is 0 Å². The van der Waals surface area contributed by atoms with Gasteiger partial charge < -0.3 is 10.6 Å². The molecular weight excluding hydrogens is 227 g/mol. The summed E-state index contributed by atoms with van der Waals surface area (Å²) >= 11 is 5.95. The lowest BCUT2D eigenvalue weighted by Crippen LogP contribution is -2.61. The minimum atomic E-state index is -1.71. The van der Waals surface area contributed by atoms with E-state index in [0.717, 1.165) is 0 Å². The molecule has 0 aliphatic carbocycles. The van der Waals surface area contributed by atoms with E-state index < -0.39 is 5.57 Å². The average Bonchev–Trinajstić information content (AvgIpc) is 2.13. The summed E-state index contributed by atoms with van der Waals surface area (Å²) in [5, 5.41) is 8.27. The Balaban J connectivity index is 2.23. The van der Waals surface area contributed by atoms with Crippen LogP contribution in [0.5, 0.6) is 0 Å². The van der Waals surface area contributed by atoms with Crippen molar-refractivity contribution in [3.05, 3.63) is 28.8 Å². The van der Waals surface area contributed by atoms with E-state index in [1.54, 1.807) is 18.2 Å². The number of likely N-dealkylation sites (tertiary alicyclic amines) is 1. The van der Waals surface area contributed by atoms with Gasteiger partial charge in [0.25, 0.3) is 0 Å². The van der Waals surface area contributed by atoms with Crippen molar-refractivity contribution < 1.29 is 4.39 Å². The first-order chi connectivity index (χ1) is 7.41. The van der Waals surface area contributed by atoms with Crippen molar-refractivity contribution in [2.24, 2.45) is 0 Å². The van der Waals surface area contributed by atoms with Crippen LogP contribution in [0.25, 0.3) is 0 Å². The van der Waals surface area contributed by atoms with E-state index in [2.05, 4.69) is 0 Å². The molecule has 1 heterocycles. The molecule has 0 aromatic heterocycles. The normalized spacial score (nSPS) is 18.0. The van der Waals surface area contributed by atoms with Crippen molar-refractivity contribution in [2.45, 2.75) is 5.57 Å². The van der Waals surface area contributed by atoms with Crippen molar-refractivity contribution in [1.29, 1.82) is 5.41 Å².